The van der Waals surface area contributed by atoms with Crippen molar-refractivity contribution in [2.45, 2.75) is 69.4 Å². The molecule has 34 heavy (non-hydrogen) atoms. The number of hydrogen-bond acceptors (Lipinski definition) is 5. The summed E-state index contributed by atoms with van der Waals surface area (Å²) in [6, 6.07) is 14.7. The summed E-state index contributed by atoms with van der Waals surface area (Å²) < 4.78 is 35.3. The summed E-state index contributed by atoms with van der Waals surface area (Å²) in [5.41, 5.74) is 1.84. The third-order valence-corrected chi connectivity index (χ3v) is 8.85. The van der Waals surface area contributed by atoms with E-state index >= 15 is 0 Å². The van der Waals surface area contributed by atoms with Crippen LogP contribution in [0.15, 0.2) is 70.8 Å². The summed E-state index contributed by atoms with van der Waals surface area (Å²) in [7, 11) is -4.00. The molecule has 1 N–H and O–H groups in total. The standard InChI is InChI=1S/C27H33NO5S/c1-3-33-27(30)25-24(29)18-23(20-10-6-4-7-11-20)28(26(25)21-12-8-5-9-13-21)34(31,32)22-16-14-19(2)15-17-22/h4,6-7,10-11,14-17,21,23,26,29H,3,5,8-9,12-13,18H2,1-2H3/t23-,26+/m0/s1. The molecule has 6 nitrogen and oxygen atoms in total. The summed E-state index contributed by atoms with van der Waals surface area (Å²) in [6.07, 6.45) is 4.62. The maximum atomic E-state index is 14.2. The highest BCUT2D eigenvalue weighted by molar-refractivity contribution is 7.89. The van der Waals surface area contributed by atoms with Crippen LogP contribution in [-0.4, -0.2) is 36.4 Å². The topological polar surface area (TPSA) is 83.9 Å². The summed E-state index contributed by atoms with van der Waals surface area (Å²) in [5, 5.41) is 11.1. The Labute approximate surface area is 202 Å². The number of ether oxygens (including phenoxy) is 1. The highest BCUT2D eigenvalue weighted by Gasteiger charge is 2.49. The van der Waals surface area contributed by atoms with Gasteiger partial charge in [0.25, 0.3) is 0 Å². The van der Waals surface area contributed by atoms with Gasteiger partial charge in [0.2, 0.25) is 10.0 Å². The van der Waals surface area contributed by atoms with Crippen LogP contribution >= 0.6 is 0 Å². The highest BCUT2D eigenvalue weighted by Crippen LogP contribution is 2.46. The molecule has 0 aromatic heterocycles. The van der Waals surface area contributed by atoms with Gasteiger partial charge in [0.1, 0.15) is 5.76 Å². The second kappa shape index (κ2) is 10.3. The molecule has 0 spiro atoms. The lowest BCUT2D eigenvalue weighted by Crippen LogP contribution is -2.52. The summed E-state index contributed by atoms with van der Waals surface area (Å²) in [6.45, 7) is 3.77. The van der Waals surface area contributed by atoms with E-state index in [0.717, 1.165) is 43.2 Å². The van der Waals surface area contributed by atoms with Gasteiger partial charge in [0.15, 0.2) is 0 Å². The normalized spacial score (nSPS) is 22.5. The van der Waals surface area contributed by atoms with Gasteiger partial charge in [-0.15, -0.1) is 0 Å². The second-order valence-electron chi connectivity index (χ2n) is 9.20. The molecule has 0 bridgehead atoms. The van der Waals surface area contributed by atoms with Gasteiger partial charge in [-0.1, -0.05) is 67.3 Å². The van der Waals surface area contributed by atoms with Gasteiger partial charge in [-0.05, 0) is 50.3 Å². The molecule has 182 valence electrons. The minimum atomic E-state index is -4.00. The molecule has 0 saturated heterocycles. The van der Waals surface area contributed by atoms with Crippen molar-refractivity contribution in [2.24, 2.45) is 5.92 Å². The van der Waals surface area contributed by atoms with Crippen LogP contribution in [0.25, 0.3) is 0 Å². The van der Waals surface area contributed by atoms with Gasteiger partial charge in [-0.25, -0.2) is 13.2 Å². The molecule has 0 unspecified atom stereocenters. The predicted octanol–water partition coefficient (Wildman–Crippen LogP) is 5.45. The van der Waals surface area contributed by atoms with Crippen LogP contribution < -0.4 is 0 Å². The van der Waals surface area contributed by atoms with Crippen LogP contribution in [0, 0.1) is 12.8 Å². The molecule has 2 aromatic rings. The molecule has 1 saturated carbocycles. The predicted molar refractivity (Wildman–Crippen MR) is 131 cm³/mol. The van der Waals surface area contributed by atoms with Crippen molar-refractivity contribution >= 4 is 16.0 Å². The largest absolute Gasteiger partial charge is 0.512 e. The van der Waals surface area contributed by atoms with Gasteiger partial charge in [0.05, 0.1) is 29.2 Å². The Hall–Kier alpha value is -2.64. The monoisotopic (exact) mass is 483 g/mol. The van der Waals surface area contributed by atoms with Gasteiger partial charge < -0.3 is 9.84 Å². The Balaban J connectivity index is 1.93. The number of esters is 1. The van der Waals surface area contributed by atoms with E-state index in [2.05, 4.69) is 0 Å². The number of aliphatic hydroxyl groups is 1. The molecule has 1 heterocycles. The number of benzene rings is 2. The van der Waals surface area contributed by atoms with E-state index in [9.17, 15) is 18.3 Å². The Morgan fingerprint density at radius 1 is 1.03 bits per heavy atom. The SMILES string of the molecule is CCOC(=O)C1=C(O)C[C@@H](c2ccccc2)N(S(=O)(=O)c2ccc(C)cc2)[C@@H]1C1CCCCC1. The number of aliphatic hydroxyl groups excluding tert-OH is 1. The van der Waals surface area contributed by atoms with Crippen LogP contribution in [0.2, 0.25) is 0 Å². The minimum Gasteiger partial charge on any atom is -0.512 e. The zero-order chi connectivity index (χ0) is 24.3. The van der Waals surface area contributed by atoms with Crippen LogP contribution in [-0.2, 0) is 19.6 Å². The van der Waals surface area contributed by atoms with E-state index in [0.29, 0.717) is 0 Å². The molecular weight excluding hydrogens is 450 g/mol. The van der Waals surface area contributed by atoms with Crippen molar-refractivity contribution in [3.63, 3.8) is 0 Å². The first kappa shape index (κ1) is 24.5. The van der Waals surface area contributed by atoms with Crippen molar-refractivity contribution < 1.29 is 23.1 Å². The average Bonchev–Trinajstić information content (AvgIpc) is 2.84. The zero-order valence-corrected chi connectivity index (χ0v) is 20.6. The van der Waals surface area contributed by atoms with Crippen LogP contribution in [0.1, 0.15) is 62.6 Å². The van der Waals surface area contributed by atoms with E-state index in [4.69, 9.17) is 4.74 Å². The minimum absolute atomic E-state index is 0.0203. The molecule has 2 aliphatic rings. The lowest BCUT2D eigenvalue weighted by Gasteiger charge is -2.45. The molecule has 0 radical (unpaired) electrons. The fourth-order valence-electron chi connectivity index (χ4n) is 5.30. The summed E-state index contributed by atoms with van der Waals surface area (Å²) >= 11 is 0. The first-order valence-corrected chi connectivity index (χ1v) is 13.5. The van der Waals surface area contributed by atoms with Gasteiger partial charge in [-0.2, -0.15) is 4.31 Å². The molecule has 0 amide bonds. The van der Waals surface area contributed by atoms with E-state index in [1.165, 1.54) is 4.31 Å². The van der Waals surface area contributed by atoms with Crippen molar-refractivity contribution in [1.82, 2.24) is 4.31 Å². The highest BCUT2D eigenvalue weighted by atomic mass is 32.2. The third kappa shape index (κ3) is 4.77. The molecule has 1 fully saturated rings. The van der Waals surface area contributed by atoms with Crippen LogP contribution in [0.3, 0.4) is 0 Å². The number of aryl methyl sites for hydroxylation is 1. The number of carbonyl (C=O) groups is 1. The molecule has 1 aliphatic carbocycles. The lowest BCUT2D eigenvalue weighted by molar-refractivity contribution is -0.140. The number of nitrogens with zero attached hydrogens (tertiary/aromatic N) is 1. The average molecular weight is 484 g/mol. The van der Waals surface area contributed by atoms with Gasteiger partial charge in [0, 0.05) is 6.42 Å². The number of hydrogen-bond donors (Lipinski definition) is 1. The van der Waals surface area contributed by atoms with E-state index in [1.807, 2.05) is 37.3 Å². The van der Waals surface area contributed by atoms with Crippen molar-refractivity contribution in [3.8, 4) is 0 Å². The van der Waals surface area contributed by atoms with E-state index < -0.39 is 28.1 Å². The molecule has 7 heteroatoms. The Bertz CT molecular complexity index is 1140. The fourth-order valence-corrected chi connectivity index (χ4v) is 7.14. The van der Waals surface area contributed by atoms with E-state index in [1.54, 1.807) is 31.2 Å². The van der Waals surface area contributed by atoms with Crippen LogP contribution in [0.4, 0.5) is 0 Å². The lowest BCUT2D eigenvalue weighted by atomic mass is 9.77. The number of carbonyl (C=O) groups excluding carboxylic acids is 1. The molecule has 2 aromatic carbocycles. The Morgan fingerprint density at radius 3 is 2.29 bits per heavy atom. The number of sulfonamides is 1. The van der Waals surface area contributed by atoms with Gasteiger partial charge >= 0.3 is 5.97 Å². The Morgan fingerprint density at radius 2 is 1.68 bits per heavy atom. The maximum Gasteiger partial charge on any atom is 0.339 e. The molecule has 1 aliphatic heterocycles. The van der Waals surface area contributed by atoms with Crippen LogP contribution in [0.5, 0.6) is 0 Å². The maximum absolute atomic E-state index is 14.2. The number of rotatable bonds is 6. The summed E-state index contributed by atoms with van der Waals surface area (Å²) in [4.78, 5) is 13.3. The Kier molecular flexibility index (Phi) is 7.43. The van der Waals surface area contributed by atoms with Crippen molar-refractivity contribution in [3.05, 3.63) is 77.1 Å². The van der Waals surface area contributed by atoms with Gasteiger partial charge in [-0.3, -0.25) is 0 Å². The second-order valence-corrected chi connectivity index (χ2v) is 11.0. The zero-order valence-electron chi connectivity index (χ0n) is 19.8. The first-order valence-electron chi connectivity index (χ1n) is 12.1. The fraction of sp³-hybridized carbons (Fsp3) is 0.444. The smallest absolute Gasteiger partial charge is 0.339 e. The van der Waals surface area contributed by atoms with E-state index in [-0.39, 0.29) is 35.2 Å². The summed E-state index contributed by atoms with van der Waals surface area (Å²) in [5.74, 6) is -0.786. The third-order valence-electron chi connectivity index (χ3n) is 6.95. The van der Waals surface area contributed by atoms with Crippen molar-refractivity contribution in [1.29, 1.82) is 0 Å². The quantitative estimate of drug-likeness (QED) is 0.552. The van der Waals surface area contributed by atoms with Crippen molar-refractivity contribution in [2.75, 3.05) is 6.61 Å². The first-order chi connectivity index (χ1) is 16.3. The molecule has 2 atom stereocenters. The molecule has 4 rings (SSSR count). The molecular formula is C27H33NO5S.